The predicted octanol–water partition coefficient (Wildman–Crippen LogP) is 5.62. The van der Waals surface area contributed by atoms with E-state index in [2.05, 4.69) is 4.90 Å². The van der Waals surface area contributed by atoms with Crippen molar-refractivity contribution < 1.29 is 28.0 Å². The van der Waals surface area contributed by atoms with Gasteiger partial charge in [0.05, 0.1) is 23.6 Å². The van der Waals surface area contributed by atoms with E-state index in [-0.39, 0.29) is 42.0 Å². The number of carbonyl (C=O) groups excluding carboxylic acids is 1. The van der Waals surface area contributed by atoms with E-state index in [0.717, 1.165) is 18.4 Å². The Morgan fingerprint density at radius 3 is 2.13 bits per heavy atom. The molecule has 0 amide bonds. The summed E-state index contributed by atoms with van der Waals surface area (Å²) in [5.74, 6) is -1.63. The lowest BCUT2D eigenvalue weighted by Gasteiger charge is -2.42. The first-order chi connectivity index (χ1) is 18.8. The maximum absolute atomic E-state index is 13.7. The second-order valence-corrected chi connectivity index (χ2v) is 10.2. The molecule has 39 heavy (non-hydrogen) atoms. The highest BCUT2D eigenvalue weighted by Gasteiger charge is 2.50. The summed E-state index contributed by atoms with van der Waals surface area (Å²) in [5, 5.41) is 10.9. The molecule has 0 N–H and O–H groups in total. The Bertz CT molecular complexity index is 1250. The Morgan fingerprint density at radius 2 is 1.56 bits per heavy atom. The summed E-state index contributed by atoms with van der Waals surface area (Å²) in [6, 6.07) is 18.4. The van der Waals surface area contributed by atoms with Crippen LogP contribution in [0.1, 0.15) is 42.1 Å². The molecule has 2 unspecified atom stereocenters. The van der Waals surface area contributed by atoms with Gasteiger partial charge in [0.1, 0.15) is 17.7 Å². The Labute approximate surface area is 225 Å². The molecule has 2 aliphatic heterocycles. The summed E-state index contributed by atoms with van der Waals surface area (Å²) in [6.07, 6.45) is 1.79. The topological polar surface area (TPSA) is 81.9 Å². The number of nitrogens with zero attached hydrogens (tertiary/aromatic N) is 2. The number of piperidine rings is 1. The largest absolute Gasteiger partial charge is 0.465 e. The normalized spacial score (nSPS) is 22.7. The van der Waals surface area contributed by atoms with Gasteiger partial charge in [-0.15, -0.1) is 0 Å². The summed E-state index contributed by atoms with van der Waals surface area (Å²) in [5.41, 5.74) is 2.25. The number of esters is 1. The lowest BCUT2D eigenvalue weighted by Crippen LogP contribution is -2.53. The Hall–Kier alpha value is -3.69. The molecule has 0 radical (unpaired) electrons. The van der Waals surface area contributed by atoms with Crippen molar-refractivity contribution in [3.63, 3.8) is 0 Å². The fourth-order valence-corrected chi connectivity index (χ4v) is 5.82. The van der Waals surface area contributed by atoms with E-state index in [0.29, 0.717) is 24.0 Å². The minimum Gasteiger partial charge on any atom is -0.465 e. The zero-order chi connectivity index (χ0) is 27.5. The zero-order valence-corrected chi connectivity index (χ0v) is 21.5. The number of hydrogen-bond acceptors (Lipinski definition) is 6. The van der Waals surface area contributed by atoms with Crippen LogP contribution in [0.4, 0.5) is 14.5 Å². The molecular weight excluding hydrogens is 506 g/mol. The highest BCUT2D eigenvalue weighted by molar-refractivity contribution is 5.74. The van der Waals surface area contributed by atoms with Crippen LogP contribution in [0, 0.1) is 27.7 Å². The van der Waals surface area contributed by atoms with E-state index in [9.17, 15) is 23.7 Å². The summed E-state index contributed by atoms with van der Waals surface area (Å²) < 4.78 is 39.8. The van der Waals surface area contributed by atoms with Crippen molar-refractivity contribution in [3.8, 4) is 0 Å². The molecule has 0 spiro atoms. The highest BCUT2D eigenvalue weighted by atomic mass is 19.1. The quantitative estimate of drug-likeness (QED) is 0.201. The average Bonchev–Trinajstić information content (AvgIpc) is 3.16. The van der Waals surface area contributed by atoms with Crippen LogP contribution in [-0.2, 0) is 20.7 Å². The lowest BCUT2D eigenvalue weighted by atomic mass is 9.87. The van der Waals surface area contributed by atoms with Crippen molar-refractivity contribution in [2.45, 2.75) is 50.0 Å². The molecule has 204 valence electrons. The molecule has 2 fully saturated rings. The molecule has 3 aromatic rings. The van der Waals surface area contributed by atoms with Gasteiger partial charge in [-0.2, -0.15) is 0 Å². The average molecular weight is 537 g/mol. The van der Waals surface area contributed by atoms with Crippen molar-refractivity contribution in [3.05, 3.63) is 111 Å². The van der Waals surface area contributed by atoms with E-state index in [4.69, 9.17) is 9.47 Å². The number of non-ortho nitro benzene ring substituents is 1. The van der Waals surface area contributed by atoms with E-state index < -0.39 is 23.0 Å². The number of hydrogen-bond donors (Lipinski definition) is 0. The van der Waals surface area contributed by atoms with Gasteiger partial charge in [-0.3, -0.25) is 19.8 Å². The number of nitro groups is 1. The van der Waals surface area contributed by atoms with Crippen molar-refractivity contribution >= 4 is 11.7 Å². The summed E-state index contributed by atoms with van der Waals surface area (Å²) in [7, 11) is 2.02. The highest BCUT2D eigenvalue weighted by Crippen LogP contribution is 2.42. The number of fused-ring (bicyclic) bond motifs is 2. The van der Waals surface area contributed by atoms with Crippen LogP contribution in [0.25, 0.3) is 0 Å². The standard InChI is InChI=1S/C30H30F2N2O5/c1-33-25-14-15-26(33)28(30(35)38-17-16-19-2-12-24(13-3-19)34(36)37)27(18-25)39-29(20-4-8-22(31)9-5-20)21-6-10-23(32)11-7-21/h2-13,25-29H,14-18H2,1H3/t25?,26?,27-,28+/m0/s1. The predicted molar refractivity (Wildman–Crippen MR) is 140 cm³/mol. The van der Waals surface area contributed by atoms with Gasteiger partial charge in [0.15, 0.2) is 0 Å². The zero-order valence-electron chi connectivity index (χ0n) is 21.5. The molecule has 2 heterocycles. The Balaban J connectivity index is 1.34. The van der Waals surface area contributed by atoms with Crippen molar-refractivity contribution in [2.24, 2.45) is 5.92 Å². The summed E-state index contributed by atoms with van der Waals surface area (Å²) in [6.45, 7) is 0.138. The molecule has 2 aliphatic rings. The van der Waals surface area contributed by atoms with E-state index in [1.807, 2.05) is 7.05 Å². The van der Waals surface area contributed by atoms with Gasteiger partial charge in [0.25, 0.3) is 5.69 Å². The Morgan fingerprint density at radius 1 is 0.974 bits per heavy atom. The Kier molecular flexibility index (Phi) is 7.99. The van der Waals surface area contributed by atoms with Gasteiger partial charge < -0.3 is 9.47 Å². The maximum atomic E-state index is 13.7. The monoisotopic (exact) mass is 536 g/mol. The number of benzene rings is 3. The van der Waals surface area contributed by atoms with Crippen molar-refractivity contribution in [2.75, 3.05) is 13.7 Å². The van der Waals surface area contributed by atoms with Gasteiger partial charge in [-0.1, -0.05) is 36.4 Å². The summed E-state index contributed by atoms with van der Waals surface area (Å²) in [4.78, 5) is 26.2. The van der Waals surface area contributed by atoms with Gasteiger partial charge >= 0.3 is 5.97 Å². The fourth-order valence-electron chi connectivity index (χ4n) is 5.82. The number of carbonyl (C=O) groups is 1. The third-order valence-corrected chi connectivity index (χ3v) is 7.92. The molecule has 3 aromatic carbocycles. The summed E-state index contributed by atoms with van der Waals surface area (Å²) >= 11 is 0. The van der Waals surface area contributed by atoms with Crippen LogP contribution in [0.3, 0.4) is 0 Å². The molecule has 2 bridgehead atoms. The van der Waals surface area contributed by atoms with Crippen LogP contribution in [-0.4, -0.2) is 47.6 Å². The van der Waals surface area contributed by atoms with E-state index in [1.54, 1.807) is 36.4 Å². The van der Waals surface area contributed by atoms with Crippen LogP contribution in [0.15, 0.2) is 72.8 Å². The molecule has 0 saturated carbocycles. The first-order valence-corrected chi connectivity index (χ1v) is 13.1. The second kappa shape index (κ2) is 11.6. The number of rotatable bonds is 9. The first kappa shape index (κ1) is 26.9. The van der Waals surface area contributed by atoms with Crippen molar-refractivity contribution in [1.82, 2.24) is 4.90 Å². The third-order valence-electron chi connectivity index (χ3n) is 7.92. The molecular formula is C30H30F2N2O5. The fraction of sp³-hybridized carbons (Fsp3) is 0.367. The molecule has 9 heteroatoms. The number of halogens is 2. The molecule has 5 rings (SSSR count). The second-order valence-electron chi connectivity index (χ2n) is 10.2. The molecule has 4 atom stereocenters. The van der Waals surface area contributed by atoms with Gasteiger partial charge in [-0.25, -0.2) is 8.78 Å². The first-order valence-electron chi connectivity index (χ1n) is 13.1. The minimum absolute atomic E-state index is 0.00799. The van der Waals surface area contributed by atoms with E-state index >= 15 is 0 Å². The van der Waals surface area contributed by atoms with Gasteiger partial charge in [0.2, 0.25) is 0 Å². The number of ether oxygens (including phenoxy) is 2. The maximum Gasteiger partial charge on any atom is 0.313 e. The molecule has 0 aliphatic carbocycles. The molecule has 0 aromatic heterocycles. The number of nitro benzene ring substituents is 1. The molecule has 7 nitrogen and oxygen atoms in total. The van der Waals surface area contributed by atoms with Crippen molar-refractivity contribution in [1.29, 1.82) is 0 Å². The smallest absolute Gasteiger partial charge is 0.313 e. The van der Waals surface area contributed by atoms with Gasteiger partial charge in [0, 0.05) is 30.6 Å². The minimum atomic E-state index is -0.616. The SMILES string of the molecule is CN1C2CCC1[C@@H](C(=O)OCCc1ccc([N+](=O)[O-])cc1)[C@@H](OC(c1ccc(F)cc1)c1ccc(F)cc1)C2. The van der Waals surface area contributed by atoms with Crippen LogP contribution < -0.4 is 0 Å². The van der Waals surface area contributed by atoms with Crippen LogP contribution >= 0.6 is 0 Å². The lowest BCUT2D eigenvalue weighted by molar-refractivity contribution is -0.384. The van der Waals surface area contributed by atoms with Gasteiger partial charge in [-0.05, 0) is 67.3 Å². The third kappa shape index (κ3) is 5.99. The van der Waals surface area contributed by atoms with E-state index in [1.165, 1.54) is 36.4 Å². The van der Waals surface area contributed by atoms with Crippen LogP contribution in [0.5, 0.6) is 0 Å². The molecule has 2 saturated heterocycles. The van der Waals surface area contributed by atoms with Crippen LogP contribution in [0.2, 0.25) is 0 Å².